The van der Waals surface area contributed by atoms with Crippen LogP contribution in [0.3, 0.4) is 0 Å². The van der Waals surface area contributed by atoms with Crippen molar-refractivity contribution in [1.29, 1.82) is 0 Å². The van der Waals surface area contributed by atoms with Crippen LogP contribution in [0.4, 0.5) is 5.69 Å². The minimum atomic E-state index is -0.771. The quantitative estimate of drug-likeness (QED) is 0.641. The maximum atomic E-state index is 12.3. The molecule has 1 atom stereocenters. The average molecular weight is 318 g/mol. The number of carbonyl (C=O) groups excluding carboxylic acids is 2. The van der Waals surface area contributed by atoms with E-state index in [2.05, 4.69) is 10.6 Å². The number of anilines is 1. The van der Waals surface area contributed by atoms with Crippen LogP contribution in [-0.4, -0.2) is 29.4 Å². The van der Waals surface area contributed by atoms with Gasteiger partial charge in [-0.15, -0.1) is 0 Å². The molecule has 3 N–H and O–H groups in total. The van der Waals surface area contributed by atoms with Crippen molar-refractivity contribution in [2.75, 3.05) is 11.9 Å². The minimum Gasteiger partial charge on any atom is -0.481 e. The van der Waals surface area contributed by atoms with Crippen LogP contribution in [-0.2, 0) is 14.4 Å². The molecular weight excluding hydrogens is 296 g/mol. The van der Waals surface area contributed by atoms with E-state index in [1.807, 2.05) is 18.2 Å². The summed E-state index contributed by atoms with van der Waals surface area (Å²) < 4.78 is 0. The molecule has 0 saturated heterocycles. The van der Waals surface area contributed by atoms with Gasteiger partial charge in [-0.2, -0.15) is 0 Å². The monoisotopic (exact) mass is 318 g/mol. The van der Waals surface area contributed by atoms with E-state index in [4.69, 9.17) is 5.11 Å². The Kier molecular flexibility index (Phi) is 6.14. The third kappa shape index (κ3) is 5.09. The Balaban J connectivity index is 1.76. The number of unbranched alkanes of at least 4 members (excludes halogenated alkanes) is 3. The van der Waals surface area contributed by atoms with Crippen LogP contribution in [0.15, 0.2) is 24.3 Å². The molecule has 0 spiro atoms. The molecule has 1 heterocycles. The number of nitrogens with one attached hydrogen (secondary N) is 2. The first kappa shape index (κ1) is 17.0. The molecule has 2 amide bonds. The summed E-state index contributed by atoms with van der Waals surface area (Å²) in [5.41, 5.74) is 1.56. The fourth-order valence-electron chi connectivity index (χ4n) is 2.73. The Labute approximate surface area is 135 Å². The van der Waals surface area contributed by atoms with Gasteiger partial charge in [0.05, 0.1) is 5.92 Å². The first-order valence-corrected chi connectivity index (χ1v) is 7.96. The predicted octanol–water partition coefficient (Wildman–Crippen LogP) is 2.26. The lowest BCUT2D eigenvalue weighted by molar-refractivity contribution is -0.137. The third-order valence-electron chi connectivity index (χ3n) is 3.93. The molecule has 1 aromatic carbocycles. The smallest absolute Gasteiger partial charge is 0.303 e. The van der Waals surface area contributed by atoms with E-state index in [-0.39, 0.29) is 24.7 Å². The molecule has 0 bridgehead atoms. The van der Waals surface area contributed by atoms with Crippen LogP contribution in [0.1, 0.15) is 50.0 Å². The van der Waals surface area contributed by atoms with Crippen molar-refractivity contribution < 1.29 is 19.5 Å². The molecule has 6 heteroatoms. The van der Waals surface area contributed by atoms with Crippen LogP contribution in [0.5, 0.6) is 0 Å². The summed E-state index contributed by atoms with van der Waals surface area (Å²) in [7, 11) is 0. The van der Waals surface area contributed by atoms with Crippen LogP contribution < -0.4 is 10.6 Å². The number of para-hydroxylation sites is 1. The maximum Gasteiger partial charge on any atom is 0.303 e. The topological polar surface area (TPSA) is 95.5 Å². The zero-order valence-corrected chi connectivity index (χ0v) is 13.0. The second kappa shape index (κ2) is 8.31. The lowest BCUT2D eigenvalue weighted by Crippen LogP contribution is -2.35. The Hall–Kier alpha value is -2.37. The Morgan fingerprint density at radius 2 is 1.91 bits per heavy atom. The molecule has 23 heavy (non-hydrogen) atoms. The van der Waals surface area contributed by atoms with Gasteiger partial charge in [0.15, 0.2) is 0 Å². The SMILES string of the molecule is O=C(O)CCCCCCNC(=O)C1CC(=O)Nc2ccccc21. The van der Waals surface area contributed by atoms with Gasteiger partial charge < -0.3 is 15.7 Å². The highest BCUT2D eigenvalue weighted by Crippen LogP contribution is 2.31. The molecule has 1 aliphatic rings. The van der Waals surface area contributed by atoms with Crippen molar-refractivity contribution in [2.45, 2.75) is 44.4 Å². The van der Waals surface area contributed by atoms with Gasteiger partial charge in [0.2, 0.25) is 11.8 Å². The van der Waals surface area contributed by atoms with Crippen LogP contribution >= 0.6 is 0 Å². The first-order valence-electron chi connectivity index (χ1n) is 7.96. The highest BCUT2D eigenvalue weighted by Gasteiger charge is 2.29. The highest BCUT2D eigenvalue weighted by atomic mass is 16.4. The summed E-state index contributed by atoms with van der Waals surface area (Å²) >= 11 is 0. The number of fused-ring (bicyclic) bond motifs is 1. The number of hydrogen-bond donors (Lipinski definition) is 3. The van der Waals surface area contributed by atoms with Crippen molar-refractivity contribution in [3.05, 3.63) is 29.8 Å². The van der Waals surface area contributed by atoms with Crippen molar-refractivity contribution >= 4 is 23.5 Å². The number of carboxylic acids is 1. The molecule has 2 rings (SSSR count). The lowest BCUT2D eigenvalue weighted by Gasteiger charge is -2.24. The lowest BCUT2D eigenvalue weighted by atomic mass is 9.90. The number of rotatable bonds is 8. The van der Waals surface area contributed by atoms with E-state index in [0.717, 1.165) is 24.8 Å². The number of benzene rings is 1. The molecule has 124 valence electrons. The number of amides is 2. The molecule has 6 nitrogen and oxygen atoms in total. The van der Waals surface area contributed by atoms with Gasteiger partial charge in [0, 0.05) is 25.1 Å². The second-order valence-corrected chi connectivity index (χ2v) is 5.74. The number of carboxylic acid groups (broad SMARTS) is 1. The summed E-state index contributed by atoms with van der Waals surface area (Å²) in [6, 6.07) is 7.36. The number of carbonyl (C=O) groups is 3. The zero-order valence-electron chi connectivity index (χ0n) is 13.0. The second-order valence-electron chi connectivity index (χ2n) is 5.74. The highest BCUT2D eigenvalue weighted by molar-refractivity contribution is 6.01. The third-order valence-corrected chi connectivity index (χ3v) is 3.93. The minimum absolute atomic E-state index is 0.127. The van der Waals surface area contributed by atoms with Gasteiger partial charge >= 0.3 is 5.97 Å². The molecule has 0 fully saturated rings. The van der Waals surface area contributed by atoms with Crippen LogP contribution in [0.2, 0.25) is 0 Å². The molecule has 0 saturated carbocycles. The van der Waals surface area contributed by atoms with E-state index in [9.17, 15) is 14.4 Å². The maximum absolute atomic E-state index is 12.3. The van der Waals surface area contributed by atoms with Crippen molar-refractivity contribution in [2.24, 2.45) is 0 Å². The fourth-order valence-corrected chi connectivity index (χ4v) is 2.73. The zero-order chi connectivity index (χ0) is 16.7. The predicted molar refractivity (Wildman–Crippen MR) is 86.2 cm³/mol. The van der Waals surface area contributed by atoms with Crippen molar-refractivity contribution in [3.8, 4) is 0 Å². The van der Waals surface area contributed by atoms with E-state index in [0.29, 0.717) is 18.7 Å². The van der Waals surface area contributed by atoms with Gasteiger partial charge in [-0.3, -0.25) is 14.4 Å². The van der Waals surface area contributed by atoms with Gasteiger partial charge in [-0.1, -0.05) is 31.0 Å². The van der Waals surface area contributed by atoms with E-state index < -0.39 is 11.9 Å². The molecule has 0 aromatic heterocycles. The Morgan fingerprint density at radius 1 is 1.17 bits per heavy atom. The van der Waals surface area contributed by atoms with Crippen molar-refractivity contribution in [1.82, 2.24) is 5.32 Å². The van der Waals surface area contributed by atoms with Gasteiger partial charge in [-0.05, 0) is 24.5 Å². The van der Waals surface area contributed by atoms with E-state index in [1.54, 1.807) is 6.07 Å². The van der Waals surface area contributed by atoms with E-state index in [1.165, 1.54) is 0 Å². The molecule has 1 unspecified atom stereocenters. The standard InChI is InChI=1S/C17H22N2O4/c20-15-11-13(12-7-4-5-8-14(12)19-15)17(23)18-10-6-2-1-3-9-16(21)22/h4-5,7-8,13H,1-3,6,9-11H2,(H,18,23)(H,19,20)(H,21,22). The molecule has 0 aliphatic carbocycles. The van der Waals surface area contributed by atoms with Gasteiger partial charge in [0.25, 0.3) is 0 Å². The number of hydrogen-bond acceptors (Lipinski definition) is 3. The Morgan fingerprint density at radius 3 is 2.70 bits per heavy atom. The summed E-state index contributed by atoms with van der Waals surface area (Å²) in [4.78, 5) is 34.4. The Bertz CT molecular complexity index is 586. The van der Waals surface area contributed by atoms with Crippen LogP contribution in [0, 0.1) is 0 Å². The first-order chi connectivity index (χ1) is 11.1. The van der Waals surface area contributed by atoms with Gasteiger partial charge in [0.1, 0.15) is 0 Å². The average Bonchev–Trinajstić information content (AvgIpc) is 2.52. The molecule has 1 aromatic rings. The van der Waals surface area contributed by atoms with E-state index >= 15 is 0 Å². The summed E-state index contributed by atoms with van der Waals surface area (Å²) in [5, 5.41) is 14.2. The molecular formula is C17H22N2O4. The normalized spacial score (nSPS) is 16.3. The molecule has 0 radical (unpaired) electrons. The summed E-state index contributed by atoms with van der Waals surface area (Å²) in [6.07, 6.45) is 3.57. The van der Waals surface area contributed by atoms with Gasteiger partial charge in [-0.25, -0.2) is 0 Å². The molecule has 1 aliphatic heterocycles. The fraction of sp³-hybridized carbons (Fsp3) is 0.471. The van der Waals surface area contributed by atoms with Crippen LogP contribution in [0.25, 0.3) is 0 Å². The largest absolute Gasteiger partial charge is 0.481 e. The summed E-state index contributed by atoms with van der Waals surface area (Å²) in [6.45, 7) is 0.548. The summed E-state index contributed by atoms with van der Waals surface area (Å²) in [5.74, 6) is -1.48. The van der Waals surface area contributed by atoms with Crippen molar-refractivity contribution in [3.63, 3.8) is 0 Å². The number of aliphatic carboxylic acids is 1.